The van der Waals surface area contributed by atoms with Crippen molar-refractivity contribution < 1.29 is 29.4 Å². The molecule has 0 radical (unpaired) electrons. The minimum atomic E-state index is -1.32. The number of amides is 3. The number of aromatic hydroxyl groups is 1. The first kappa shape index (κ1) is 36.9. The molecule has 5 rings (SSSR count). The number of H-pyrrole nitrogens is 2. The molecule has 0 aliphatic carbocycles. The summed E-state index contributed by atoms with van der Waals surface area (Å²) in [6.07, 6.45) is 4.07. The number of phenols is 1. The van der Waals surface area contributed by atoms with Crippen LogP contribution in [-0.4, -0.2) is 80.5 Å². The molecule has 13 N–H and O–H groups in total. The Labute approximate surface area is 299 Å². The van der Waals surface area contributed by atoms with Gasteiger partial charge in [-0.25, -0.2) is 4.79 Å². The first-order valence-electron chi connectivity index (χ1n) is 16.8. The number of hydrogen-bond donors (Lipinski definition) is 10. The highest BCUT2D eigenvalue weighted by atomic mass is 16.4. The number of carboxylic acid groups (broad SMARTS) is 1. The Bertz CT molecular complexity index is 2050. The zero-order valence-corrected chi connectivity index (χ0v) is 28.3. The van der Waals surface area contributed by atoms with Crippen molar-refractivity contribution >= 4 is 51.5 Å². The molecular weight excluding hydrogens is 666 g/mol. The molecule has 15 heteroatoms. The van der Waals surface area contributed by atoms with Crippen molar-refractivity contribution in [2.75, 3.05) is 6.54 Å². The van der Waals surface area contributed by atoms with Gasteiger partial charge < -0.3 is 53.3 Å². The van der Waals surface area contributed by atoms with Crippen LogP contribution in [0.1, 0.15) is 29.5 Å². The Balaban J connectivity index is 1.39. The maximum atomic E-state index is 14.1. The van der Waals surface area contributed by atoms with Crippen LogP contribution in [0.4, 0.5) is 0 Å². The van der Waals surface area contributed by atoms with Crippen molar-refractivity contribution in [1.29, 1.82) is 0 Å². The standard InChI is InChI=1S/C37H43N9O6/c38-27(8-5-15-41-37(39)40)33(48)44-30(16-21-11-13-24(47)14-12-21)34(49)45-31(17-22-19-42-28-9-3-1-6-25(22)28)35(50)46-32(36(51)52)18-23-20-43-29-10-4-2-7-26(23)29/h1-4,6-7,9-14,19-20,27,30-32,42-43,47H,5,8,15-18,38H2,(H,44,48)(H,45,49)(H,46,50)(H,51,52)(H4,39,40,41). The number of carbonyl (C=O) groups is 4. The van der Waals surface area contributed by atoms with E-state index >= 15 is 0 Å². The fourth-order valence-electron chi connectivity index (χ4n) is 6.00. The molecule has 52 heavy (non-hydrogen) atoms. The minimum absolute atomic E-state index is 0.00167. The summed E-state index contributed by atoms with van der Waals surface area (Å²) in [5.41, 5.74) is 20.6. The lowest BCUT2D eigenvalue weighted by Gasteiger charge is -2.25. The van der Waals surface area contributed by atoms with E-state index in [-0.39, 0.29) is 43.9 Å². The second-order valence-electron chi connectivity index (χ2n) is 12.6. The van der Waals surface area contributed by atoms with E-state index in [1.807, 2.05) is 48.5 Å². The first-order valence-corrected chi connectivity index (χ1v) is 16.8. The average Bonchev–Trinajstić information content (AvgIpc) is 3.73. The molecule has 5 aromatic rings. The Morgan fingerprint density at radius 3 is 1.75 bits per heavy atom. The number of fused-ring (bicyclic) bond motifs is 2. The topological polar surface area (TPSA) is 267 Å². The minimum Gasteiger partial charge on any atom is -0.508 e. The van der Waals surface area contributed by atoms with Crippen LogP contribution in [-0.2, 0) is 38.4 Å². The van der Waals surface area contributed by atoms with Gasteiger partial charge in [-0.15, -0.1) is 0 Å². The predicted octanol–water partition coefficient (Wildman–Crippen LogP) is 1.30. The number of aliphatic carboxylic acids is 1. The average molecular weight is 710 g/mol. The second kappa shape index (κ2) is 17.0. The third-order valence-electron chi connectivity index (χ3n) is 8.76. The molecule has 0 saturated carbocycles. The molecule has 0 fully saturated rings. The van der Waals surface area contributed by atoms with Gasteiger partial charge in [0.1, 0.15) is 23.9 Å². The molecule has 4 unspecified atom stereocenters. The summed E-state index contributed by atoms with van der Waals surface area (Å²) < 4.78 is 0. The fourth-order valence-corrected chi connectivity index (χ4v) is 6.00. The summed E-state index contributed by atoms with van der Waals surface area (Å²) in [5.74, 6) is -3.34. The summed E-state index contributed by atoms with van der Waals surface area (Å²) in [4.78, 5) is 64.0. The third-order valence-corrected chi connectivity index (χ3v) is 8.76. The number of aromatic nitrogens is 2. The molecule has 2 aromatic heterocycles. The van der Waals surface area contributed by atoms with E-state index in [1.165, 1.54) is 12.1 Å². The van der Waals surface area contributed by atoms with Crippen LogP contribution in [0.15, 0.2) is 90.2 Å². The predicted molar refractivity (Wildman–Crippen MR) is 197 cm³/mol. The van der Waals surface area contributed by atoms with Crippen molar-refractivity contribution in [3.8, 4) is 5.75 Å². The van der Waals surface area contributed by atoms with E-state index in [1.54, 1.807) is 24.5 Å². The van der Waals surface area contributed by atoms with Crippen LogP contribution < -0.4 is 33.2 Å². The lowest BCUT2D eigenvalue weighted by atomic mass is 10.0. The monoisotopic (exact) mass is 709 g/mol. The summed E-state index contributed by atoms with van der Waals surface area (Å²) >= 11 is 0. The highest BCUT2D eigenvalue weighted by Gasteiger charge is 2.31. The van der Waals surface area contributed by atoms with E-state index in [0.717, 1.165) is 21.8 Å². The van der Waals surface area contributed by atoms with Crippen molar-refractivity contribution in [3.05, 3.63) is 102 Å². The molecule has 3 amide bonds. The molecule has 0 aliphatic heterocycles. The molecule has 0 aliphatic rings. The smallest absolute Gasteiger partial charge is 0.326 e. The molecular formula is C37H43N9O6. The molecule has 0 bridgehead atoms. The number of para-hydroxylation sites is 2. The summed E-state index contributed by atoms with van der Waals surface area (Å²) in [6, 6.07) is 16.2. The van der Waals surface area contributed by atoms with Crippen molar-refractivity contribution in [1.82, 2.24) is 25.9 Å². The summed E-state index contributed by atoms with van der Waals surface area (Å²) in [7, 11) is 0. The molecule has 2 heterocycles. The third kappa shape index (κ3) is 9.66. The van der Waals surface area contributed by atoms with E-state index in [9.17, 15) is 29.4 Å². The molecule has 15 nitrogen and oxygen atoms in total. The van der Waals surface area contributed by atoms with Crippen LogP contribution in [0.3, 0.4) is 0 Å². The lowest BCUT2D eigenvalue weighted by molar-refractivity contribution is -0.142. The SMILES string of the molecule is NC(N)=NCCCC(N)C(=O)NC(Cc1ccc(O)cc1)C(=O)NC(Cc1c[nH]c2ccccc12)C(=O)NC(Cc1c[nH]c2ccccc12)C(=O)O. The van der Waals surface area contributed by atoms with Crippen LogP contribution in [0.5, 0.6) is 5.75 Å². The first-order chi connectivity index (χ1) is 25.0. The Hall–Kier alpha value is -6.35. The quantitative estimate of drug-likeness (QED) is 0.0378. The van der Waals surface area contributed by atoms with Crippen molar-refractivity contribution in [2.24, 2.45) is 22.2 Å². The number of aromatic amines is 2. The van der Waals surface area contributed by atoms with Gasteiger partial charge in [-0.05, 0) is 53.8 Å². The van der Waals surface area contributed by atoms with E-state index in [2.05, 4.69) is 30.9 Å². The summed E-state index contributed by atoms with van der Waals surface area (Å²) in [6.45, 7) is 0.267. The largest absolute Gasteiger partial charge is 0.508 e. The maximum absolute atomic E-state index is 14.1. The number of carboxylic acids is 1. The highest BCUT2D eigenvalue weighted by molar-refractivity contribution is 5.95. The molecule has 272 valence electrons. The molecule has 0 saturated heterocycles. The Morgan fingerprint density at radius 1 is 0.692 bits per heavy atom. The van der Waals surface area contributed by atoms with Crippen LogP contribution in [0, 0.1) is 0 Å². The number of rotatable bonds is 17. The number of hydrogen-bond acceptors (Lipinski definition) is 7. The number of nitrogens with zero attached hydrogens (tertiary/aromatic N) is 1. The zero-order chi connectivity index (χ0) is 37.2. The number of phenolic OH excluding ortho intramolecular Hbond substituents is 1. The van der Waals surface area contributed by atoms with Crippen molar-refractivity contribution in [3.63, 3.8) is 0 Å². The van der Waals surface area contributed by atoms with Gasteiger partial charge in [0.2, 0.25) is 17.7 Å². The Morgan fingerprint density at radius 2 is 1.19 bits per heavy atom. The number of carbonyl (C=O) groups excluding carboxylic acids is 3. The fraction of sp³-hybridized carbons (Fsp3) is 0.270. The van der Waals surface area contributed by atoms with E-state index < -0.39 is 47.9 Å². The lowest BCUT2D eigenvalue weighted by Crippen LogP contribution is -2.58. The number of nitrogens with one attached hydrogen (secondary N) is 5. The molecule has 0 spiro atoms. The van der Waals surface area contributed by atoms with Gasteiger partial charge >= 0.3 is 5.97 Å². The van der Waals surface area contributed by atoms with Gasteiger partial charge in [0.15, 0.2) is 5.96 Å². The highest BCUT2D eigenvalue weighted by Crippen LogP contribution is 2.21. The summed E-state index contributed by atoms with van der Waals surface area (Å²) in [5, 5.41) is 29.7. The van der Waals surface area contributed by atoms with Gasteiger partial charge in [0.05, 0.1) is 6.04 Å². The van der Waals surface area contributed by atoms with Gasteiger partial charge in [0, 0.05) is 60.0 Å². The molecule has 3 aromatic carbocycles. The van der Waals surface area contributed by atoms with Crippen LogP contribution in [0.2, 0.25) is 0 Å². The second-order valence-corrected chi connectivity index (χ2v) is 12.6. The normalized spacial score (nSPS) is 13.5. The van der Waals surface area contributed by atoms with Gasteiger partial charge in [-0.3, -0.25) is 19.4 Å². The van der Waals surface area contributed by atoms with Crippen molar-refractivity contribution in [2.45, 2.75) is 56.3 Å². The van der Waals surface area contributed by atoms with E-state index in [4.69, 9.17) is 17.2 Å². The maximum Gasteiger partial charge on any atom is 0.326 e. The van der Waals surface area contributed by atoms with Gasteiger partial charge in [0.25, 0.3) is 0 Å². The molecule has 4 atom stereocenters. The number of nitrogens with two attached hydrogens (primary N) is 3. The zero-order valence-electron chi connectivity index (χ0n) is 28.3. The van der Waals surface area contributed by atoms with E-state index in [0.29, 0.717) is 23.1 Å². The van der Waals surface area contributed by atoms with Crippen LogP contribution >= 0.6 is 0 Å². The number of guanidine groups is 1. The number of aliphatic imine (C=N–C) groups is 1. The Kier molecular flexibility index (Phi) is 12.1. The number of benzene rings is 3. The van der Waals surface area contributed by atoms with Crippen LogP contribution in [0.25, 0.3) is 21.8 Å². The van der Waals surface area contributed by atoms with Gasteiger partial charge in [-0.1, -0.05) is 48.5 Å². The van der Waals surface area contributed by atoms with Gasteiger partial charge in [-0.2, -0.15) is 0 Å².